The van der Waals surface area contributed by atoms with Gasteiger partial charge in [-0.2, -0.15) is 0 Å². The number of nitrogens with one attached hydrogen (secondary N) is 2. The van der Waals surface area contributed by atoms with Crippen LogP contribution in [0.15, 0.2) is 61.1 Å². The van der Waals surface area contributed by atoms with Crippen LogP contribution >= 0.6 is 0 Å². The summed E-state index contributed by atoms with van der Waals surface area (Å²) >= 11 is 0. The van der Waals surface area contributed by atoms with Crippen LogP contribution in [0.5, 0.6) is 5.75 Å². The fourth-order valence-corrected chi connectivity index (χ4v) is 4.61. The standard InChI is InChI=1S/C31H40N8O2/c1-20(2)16-21(3)30(40)34-24-17-25(28(41-8)18-27(24)38(6)15-14-37(4)5)36-31-33-13-11-23(35-31)22-19-39(7)26-10-9-12-32-29(22)26/h9-13,17-20H,3,14-16H2,1-2,4-8H3,(H,34,40)(H,33,35,36). The molecule has 0 unspecified atom stereocenters. The molecule has 0 saturated carbocycles. The summed E-state index contributed by atoms with van der Waals surface area (Å²) in [5.41, 5.74) is 6.16. The molecule has 0 aliphatic carbocycles. The lowest BCUT2D eigenvalue weighted by atomic mass is 10.0. The summed E-state index contributed by atoms with van der Waals surface area (Å²) in [4.78, 5) is 31.1. The van der Waals surface area contributed by atoms with Crippen LogP contribution in [0.3, 0.4) is 0 Å². The van der Waals surface area contributed by atoms with E-state index in [1.165, 1.54) is 0 Å². The number of carbonyl (C=O) groups excluding carboxylic acids is 1. The number of pyridine rings is 1. The van der Waals surface area contributed by atoms with Gasteiger partial charge in [-0.1, -0.05) is 20.4 Å². The number of anilines is 4. The maximum Gasteiger partial charge on any atom is 0.251 e. The highest BCUT2D eigenvalue weighted by atomic mass is 16.5. The SMILES string of the molecule is C=C(CC(C)C)C(=O)Nc1cc(Nc2nccc(-c3cn(C)c4cccnc34)n2)c(OC)cc1N(C)CCN(C)C. The molecular weight excluding hydrogens is 516 g/mol. The molecule has 0 atom stereocenters. The molecule has 0 bridgehead atoms. The molecule has 41 heavy (non-hydrogen) atoms. The minimum Gasteiger partial charge on any atom is -0.494 e. The Morgan fingerprint density at radius 3 is 2.59 bits per heavy atom. The van der Waals surface area contributed by atoms with Crippen LogP contribution in [0.1, 0.15) is 20.3 Å². The highest BCUT2D eigenvalue weighted by Crippen LogP contribution is 2.38. The van der Waals surface area contributed by atoms with Crippen molar-refractivity contribution in [2.75, 3.05) is 56.9 Å². The number of carbonyl (C=O) groups is 1. The van der Waals surface area contributed by atoms with Crippen LogP contribution in [0.25, 0.3) is 22.3 Å². The Morgan fingerprint density at radius 2 is 1.88 bits per heavy atom. The van der Waals surface area contributed by atoms with E-state index >= 15 is 0 Å². The predicted molar refractivity (Wildman–Crippen MR) is 167 cm³/mol. The van der Waals surface area contributed by atoms with Gasteiger partial charge in [-0.15, -0.1) is 0 Å². The number of amides is 1. The van der Waals surface area contributed by atoms with E-state index in [1.54, 1.807) is 19.5 Å². The Labute approximate surface area is 242 Å². The van der Waals surface area contributed by atoms with E-state index in [0.29, 0.717) is 41.0 Å². The van der Waals surface area contributed by atoms with E-state index < -0.39 is 0 Å². The van der Waals surface area contributed by atoms with Crippen LogP contribution < -0.4 is 20.3 Å². The number of rotatable bonds is 12. The number of methoxy groups -OCH3 is 1. The minimum atomic E-state index is -0.209. The summed E-state index contributed by atoms with van der Waals surface area (Å²) in [7, 11) is 9.66. The number of fused-ring (bicyclic) bond motifs is 1. The van der Waals surface area contributed by atoms with Crippen molar-refractivity contribution in [1.82, 2.24) is 24.4 Å². The average molecular weight is 557 g/mol. The monoisotopic (exact) mass is 556 g/mol. The highest BCUT2D eigenvalue weighted by Gasteiger charge is 2.19. The van der Waals surface area contributed by atoms with Crippen molar-refractivity contribution >= 4 is 40.0 Å². The number of hydrogen-bond donors (Lipinski definition) is 2. The number of nitrogens with zero attached hydrogens (tertiary/aromatic N) is 6. The fraction of sp³-hybridized carbons (Fsp3) is 0.355. The first-order valence-corrected chi connectivity index (χ1v) is 13.6. The molecule has 0 radical (unpaired) electrons. The van der Waals surface area contributed by atoms with Crippen molar-refractivity contribution in [1.29, 1.82) is 0 Å². The van der Waals surface area contributed by atoms with Gasteiger partial charge in [0.15, 0.2) is 0 Å². The van der Waals surface area contributed by atoms with Gasteiger partial charge in [-0.05, 0) is 50.7 Å². The van der Waals surface area contributed by atoms with Crippen molar-refractivity contribution < 1.29 is 9.53 Å². The Kier molecular flexibility index (Phi) is 9.24. The smallest absolute Gasteiger partial charge is 0.251 e. The number of likely N-dealkylation sites (N-methyl/N-ethyl adjacent to an activating group) is 2. The summed E-state index contributed by atoms with van der Waals surface area (Å²) in [6.45, 7) is 9.74. The molecule has 1 aromatic carbocycles. The van der Waals surface area contributed by atoms with Gasteiger partial charge in [0.05, 0.1) is 40.9 Å². The highest BCUT2D eigenvalue weighted by molar-refractivity contribution is 6.05. The van der Waals surface area contributed by atoms with Crippen molar-refractivity contribution in [2.45, 2.75) is 20.3 Å². The Balaban J connectivity index is 1.70. The Hall–Kier alpha value is -4.44. The van der Waals surface area contributed by atoms with Crippen LogP contribution in [0.2, 0.25) is 0 Å². The second-order valence-electron chi connectivity index (χ2n) is 10.9. The molecule has 0 spiro atoms. The third-order valence-corrected chi connectivity index (χ3v) is 6.76. The zero-order valence-electron chi connectivity index (χ0n) is 25.0. The maximum atomic E-state index is 13.1. The van der Waals surface area contributed by atoms with E-state index in [1.807, 2.05) is 69.3 Å². The zero-order chi connectivity index (χ0) is 29.7. The summed E-state index contributed by atoms with van der Waals surface area (Å²) in [6.07, 6.45) is 6.11. The molecule has 0 saturated heterocycles. The summed E-state index contributed by atoms with van der Waals surface area (Å²) in [5.74, 6) is 1.10. The molecule has 4 aromatic rings. The third kappa shape index (κ3) is 7.01. The van der Waals surface area contributed by atoms with Crippen LogP contribution in [-0.4, -0.2) is 71.7 Å². The van der Waals surface area contributed by atoms with Gasteiger partial charge in [0.25, 0.3) is 5.91 Å². The van der Waals surface area contributed by atoms with E-state index in [2.05, 4.69) is 50.8 Å². The van der Waals surface area contributed by atoms with Crippen molar-refractivity contribution in [3.8, 4) is 17.0 Å². The van der Waals surface area contributed by atoms with Crippen molar-refractivity contribution in [3.05, 3.63) is 61.1 Å². The van der Waals surface area contributed by atoms with Gasteiger partial charge >= 0.3 is 0 Å². The number of ether oxygens (including phenoxy) is 1. The largest absolute Gasteiger partial charge is 0.494 e. The molecule has 4 rings (SSSR count). The fourth-order valence-electron chi connectivity index (χ4n) is 4.61. The lowest BCUT2D eigenvalue weighted by molar-refractivity contribution is -0.113. The Morgan fingerprint density at radius 1 is 1.10 bits per heavy atom. The first-order valence-electron chi connectivity index (χ1n) is 13.6. The van der Waals surface area contributed by atoms with Gasteiger partial charge in [-0.25, -0.2) is 9.97 Å². The second kappa shape index (κ2) is 12.8. The summed E-state index contributed by atoms with van der Waals surface area (Å²) < 4.78 is 7.80. The van der Waals surface area contributed by atoms with Gasteiger partial charge < -0.3 is 29.7 Å². The second-order valence-corrected chi connectivity index (χ2v) is 10.9. The number of hydrogen-bond acceptors (Lipinski definition) is 8. The normalized spacial score (nSPS) is 11.2. The van der Waals surface area contributed by atoms with Gasteiger partial charge in [0.1, 0.15) is 5.75 Å². The number of benzene rings is 1. The van der Waals surface area contributed by atoms with Gasteiger partial charge in [-0.3, -0.25) is 9.78 Å². The number of aromatic nitrogens is 4. The summed E-state index contributed by atoms with van der Waals surface area (Å²) in [6, 6.07) is 9.58. The molecule has 10 nitrogen and oxygen atoms in total. The molecule has 0 aliphatic heterocycles. The Bertz CT molecular complexity index is 1540. The summed E-state index contributed by atoms with van der Waals surface area (Å²) in [5, 5.41) is 6.39. The van der Waals surface area contributed by atoms with E-state index in [0.717, 1.165) is 41.1 Å². The van der Waals surface area contributed by atoms with E-state index in [9.17, 15) is 4.79 Å². The van der Waals surface area contributed by atoms with Crippen LogP contribution in [-0.2, 0) is 11.8 Å². The van der Waals surface area contributed by atoms with Crippen molar-refractivity contribution in [3.63, 3.8) is 0 Å². The average Bonchev–Trinajstić information content (AvgIpc) is 3.28. The molecule has 3 aromatic heterocycles. The molecule has 216 valence electrons. The zero-order valence-corrected chi connectivity index (χ0v) is 25.0. The molecule has 3 heterocycles. The maximum absolute atomic E-state index is 13.1. The molecule has 0 fully saturated rings. The topological polar surface area (TPSA) is 100 Å². The lowest BCUT2D eigenvalue weighted by Crippen LogP contribution is -2.29. The first kappa shape index (κ1) is 29.5. The third-order valence-electron chi connectivity index (χ3n) is 6.76. The predicted octanol–water partition coefficient (Wildman–Crippen LogP) is 5.32. The van der Waals surface area contributed by atoms with Crippen LogP contribution in [0, 0.1) is 5.92 Å². The van der Waals surface area contributed by atoms with Crippen LogP contribution in [0.4, 0.5) is 23.0 Å². The van der Waals surface area contributed by atoms with E-state index in [4.69, 9.17) is 9.72 Å². The van der Waals surface area contributed by atoms with Gasteiger partial charge in [0, 0.05) is 63.0 Å². The molecule has 0 aliphatic rings. The number of aryl methyl sites for hydroxylation is 1. The van der Waals surface area contributed by atoms with Gasteiger partial charge in [0.2, 0.25) is 5.95 Å². The first-order chi connectivity index (χ1) is 19.6. The lowest BCUT2D eigenvalue weighted by Gasteiger charge is -2.26. The molecule has 1 amide bonds. The molecular formula is C31H40N8O2. The quantitative estimate of drug-likeness (QED) is 0.226. The van der Waals surface area contributed by atoms with Crippen molar-refractivity contribution in [2.24, 2.45) is 13.0 Å². The molecule has 2 N–H and O–H groups in total. The minimum absolute atomic E-state index is 0.209. The molecule has 10 heteroatoms. The van der Waals surface area contributed by atoms with E-state index in [-0.39, 0.29) is 5.91 Å².